The molecule has 0 aliphatic carbocycles. The van der Waals surface area contributed by atoms with Crippen molar-refractivity contribution in [3.63, 3.8) is 0 Å². The molecule has 2 amide bonds. The van der Waals surface area contributed by atoms with Crippen LogP contribution in [0.5, 0.6) is 0 Å². The Bertz CT molecular complexity index is 363. The molecular formula is C13H22N2O5. The number of carbonyl (C=O) groups is 2. The minimum absolute atomic E-state index is 0.107. The van der Waals surface area contributed by atoms with Crippen molar-refractivity contribution >= 4 is 12.0 Å². The van der Waals surface area contributed by atoms with Crippen LogP contribution in [0.1, 0.15) is 25.7 Å². The Morgan fingerprint density at radius 1 is 1.30 bits per heavy atom. The third-order valence-corrected chi connectivity index (χ3v) is 3.93. The Kier molecular flexibility index (Phi) is 5.19. The molecule has 0 aromatic heterocycles. The number of urea groups is 1. The molecule has 3 N–H and O–H groups in total. The van der Waals surface area contributed by atoms with Gasteiger partial charge in [0.2, 0.25) is 0 Å². The molecular weight excluding hydrogens is 264 g/mol. The molecule has 114 valence electrons. The van der Waals surface area contributed by atoms with Crippen LogP contribution in [-0.4, -0.2) is 65.6 Å². The van der Waals surface area contributed by atoms with Gasteiger partial charge in [-0.05, 0) is 31.6 Å². The zero-order chi connectivity index (χ0) is 14.5. The van der Waals surface area contributed by atoms with Crippen LogP contribution >= 0.6 is 0 Å². The number of carboxylic acid groups (broad SMARTS) is 1. The standard InChI is InChI=1S/C13H22N2O5/c16-8-9-2-1-5-15(7-9)13(19)14-6-10-3-4-11(20-10)12(17)18/h9-11,16H,1-8H2,(H,14,19)(H,17,18). The lowest BCUT2D eigenvalue weighted by Crippen LogP contribution is -2.47. The molecule has 0 aromatic carbocycles. The molecule has 0 aromatic rings. The second-order valence-electron chi connectivity index (χ2n) is 5.49. The molecule has 0 saturated carbocycles. The zero-order valence-electron chi connectivity index (χ0n) is 11.5. The summed E-state index contributed by atoms with van der Waals surface area (Å²) in [6.07, 6.45) is 2.03. The van der Waals surface area contributed by atoms with E-state index in [1.165, 1.54) is 0 Å². The first-order chi connectivity index (χ1) is 9.60. The number of amides is 2. The third-order valence-electron chi connectivity index (χ3n) is 3.93. The summed E-state index contributed by atoms with van der Waals surface area (Å²) >= 11 is 0. The largest absolute Gasteiger partial charge is 0.479 e. The van der Waals surface area contributed by atoms with Crippen LogP contribution in [0.2, 0.25) is 0 Å². The summed E-state index contributed by atoms with van der Waals surface area (Å²) in [5.41, 5.74) is 0. The first-order valence-corrected chi connectivity index (χ1v) is 7.12. The predicted molar refractivity (Wildman–Crippen MR) is 70.3 cm³/mol. The number of piperidine rings is 1. The highest BCUT2D eigenvalue weighted by atomic mass is 16.5. The van der Waals surface area contributed by atoms with Gasteiger partial charge in [-0.15, -0.1) is 0 Å². The van der Waals surface area contributed by atoms with E-state index in [-0.39, 0.29) is 24.7 Å². The molecule has 7 heteroatoms. The highest BCUT2D eigenvalue weighted by Crippen LogP contribution is 2.19. The van der Waals surface area contributed by atoms with Gasteiger partial charge < -0.3 is 25.2 Å². The second-order valence-corrected chi connectivity index (χ2v) is 5.49. The molecule has 2 aliphatic heterocycles. The molecule has 2 saturated heterocycles. The number of likely N-dealkylation sites (tertiary alicyclic amines) is 1. The monoisotopic (exact) mass is 286 g/mol. The molecule has 0 radical (unpaired) electrons. The highest BCUT2D eigenvalue weighted by molar-refractivity contribution is 5.74. The summed E-state index contributed by atoms with van der Waals surface area (Å²) < 4.78 is 5.33. The minimum Gasteiger partial charge on any atom is -0.479 e. The van der Waals surface area contributed by atoms with E-state index in [1.54, 1.807) is 4.90 Å². The van der Waals surface area contributed by atoms with E-state index >= 15 is 0 Å². The highest BCUT2D eigenvalue weighted by Gasteiger charge is 2.31. The van der Waals surface area contributed by atoms with Gasteiger partial charge in [0.15, 0.2) is 6.10 Å². The van der Waals surface area contributed by atoms with Crippen molar-refractivity contribution in [3.8, 4) is 0 Å². The molecule has 2 aliphatic rings. The molecule has 7 nitrogen and oxygen atoms in total. The fourth-order valence-electron chi connectivity index (χ4n) is 2.75. The maximum Gasteiger partial charge on any atom is 0.332 e. The summed E-state index contributed by atoms with van der Waals surface area (Å²) in [6, 6.07) is -0.162. The Balaban J connectivity index is 1.71. The predicted octanol–water partition coefficient (Wildman–Crippen LogP) is 0.0325. The number of aliphatic hydroxyl groups excluding tert-OH is 1. The average molecular weight is 286 g/mol. The van der Waals surface area contributed by atoms with Crippen molar-refractivity contribution in [1.29, 1.82) is 0 Å². The van der Waals surface area contributed by atoms with Crippen LogP contribution in [0.4, 0.5) is 4.79 Å². The van der Waals surface area contributed by atoms with Crippen molar-refractivity contribution < 1.29 is 24.5 Å². The van der Waals surface area contributed by atoms with Crippen LogP contribution < -0.4 is 5.32 Å². The maximum absolute atomic E-state index is 12.0. The van der Waals surface area contributed by atoms with Crippen LogP contribution in [-0.2, 0) is 9.53 Å². The van der Waals surface area contributed by atoms with Gasteiger partial charge in [0, 0.05) is 26.2 Å². The van der Waals surface area contributed by atoms with E-state index in [0.717, 1.165) is 12.8 Å². The number of nitrogens with one attached hydrogen (secondary N) is 1. The molecule has 0 bridgehead atoms. The van der Waals surface area contributed by atoms with Crippen molar-refractivity contribution in [3.05, 3.63) is 0 Å². The topological polar surface area (TPSA) is 99.1 Å². The van der Waals surface area contributed by atoms with E-state index in [0.29, 0.717) is 32.5 Å². The Labute approximate surface area is 117 Å². The first kappa shape index (κ1) is 15.1. The molecule has 20 heavy (non-hydrogen) atoms. The molecule has 3 atom stereocenters. The van der Waals surface area contributed by atoms with Gasteiger partial charge in [0.1, 0.15) is 0 Å². The molecule has 2 heterocycles. The number of carbonyl (C=O) groups excluding carboxylic acids is 1. The number of nitrogens with zero attached hydrogens (tertiary/aromatic N) is 1. The smallest absolute Gasteiger partial charge is 0.332 e. The molecule has 0 spiro atoms. The summed E-state index contributed by atoms with van der Waals surface area (Å²) in [5.74, 6) is -0.783. The van der Waals surface area contributed by atoms with Crippen molar-refractivity contribution in [2.75, 3.05) is 26.2 Å². The normalized spacial score (nSPS) is 30.2. The Morgan fingerprint density at radius 3 is 2.75 bits per heavy atom. The zero-order valence-corrected chi connectivity index (χ0v) is 11.5. The lowest BCUT2D eigenvalue weighted by Gasteiger charge is -2.32. The molecule has 2 rings (SSSR count). The first-order valence-electron chi connectivity index (χ1n) is 7.12. The molecule has 2 fully saturated rings. The van der Waals surface area contributed by atoms with Crippen LogP contribution in [0.3, 0.4) is 0 Å². The second kappa shape index (κ2) is 6.90. The Hall–Kier alpha value is -1.34. The van der Waals surface area contributed by atoms with Crippen LogP contribution in [0.15, 0.2) is 0 Å². The van der Waals surface area contributed by atoms with Crippen molar-refractivity contribution in [1.82, 2.24) is 10.2 Å². The summed E-state index contributed by atoms with van der Waals surface area (Å²) in [4.78, 5) is 24.5. The number of aliphatic hydroxyl groups is 1. The van der Waals surface area contributed by atoms with Gasteiger partial charge in [-0.2, -0.15) is 0 Å². The maximum atomic E-state index is 12.0. The van der Waals surface area contributed by atoms with Crippen molar-refractivity contribution in [2.45, 2.75) is 37.9 Å². The summed E-state index contributed by atoms with van der Waals surface area (Å²) in [7, 11) is 0. The third kappa shape index (κ3) is 3.83. The van der Waals surface area contributed by atoms with Gasteiger partial charge in [-0.3, -0.25) is 0 Å². The van der Waals surface area contributed by atoms with E-state index < -0.39 is 12.1 Å². The summed E-state index contributed by atoms with van der Waals surface area (Å²) in [5, 5.41) is 20.8. The lowest BCUT2D eigenvalue weighted by molar-refractivity contribution is -0.149. The fourth-order valence-corrected chi connectivity index (χ4v) is 2.75. The average Bonchev–Trinajstić information content (AvgIpc) is 2.94. The fraction of sp³-hybridized carbons (Fsp3) is 0.846. The minimum atomic E-state index is -0.944. The number of hydrogen-bond acceptors (Lipinski definition) is 4. The van der Waals surface area contributed by atoms with Gasteiger partial charge in [0.25, 0.3) is 0 Å². The number of rotatable bonds is 4. The van der Waals surface area contributed by atoms with Gasteiger partial charge >= 0.3 is 12.0 Å². The van der Waals surface area contributed by atoms with E-state index in [9.17, 15) is 9.59 Å². The van der Waals surface area contributed by atoms with Crippen LogP contribution in [0.25, 0.3) is 0 Å². The van der Waals surface area contributed by atoms with E-state index in [4.69, 9.17) is 14.9 Å². The lowest BCUT2D eigenvalue weighted by atomic mass is 9.99. The number of ether oxygens (including phenoxy) is 1. The Morgan fingerprint density at radius 2 is 2.10 bits per heavy atom. The van der Waals surface area contributed by atoms with E-state index in [1.807, 2.05) is 0 Å². The SMILES string of the molecule is O=C(O)C1CCC(CNC(=O)N2CCCC(CO)C2)O1. The van der Waals surface area contributed by atoms with Crippen LogP contribution in [0, 0.1) is 5.92 Å². The number of hydrogen-bond donors (Lipinski definition) is 3. The van der Waals surface area contributed by atoms with Gasteiger partial charge in [-0.1, -0.05) is 0 Å². The summed E-state index contributed by atoms with van der Waals surface area (Å²) in [6.45, 7) is 1.72. The molecule has 3 unspecified atom stereocenters. The van der Waals surface area contributed by atoms with Gasteiger partial charge in [-0.25, -0.2) is 9.59 Å². The quantitative estimate of drug-likeness (QED) is 0.677. The van der Waals surface area contributed by atoms with Gasteiger partial charge in [0.05, 0.1) is 6.10 Å². The number of carboxylic acids is 1. The van der Waals surface area contributed by atoms with E-state index in [2.05, 4.69) is 5.32 Å². The van der Waals surface area contributed by atoms with Crippen molar-refractivity contribution in [2.24, 2.45) is 5.92 Å². The number of aliphatic carboxylic acids is 1.